The molecule has 108 valence electrons. The fourth-order valence-electron chi connectivity index (χ4n) is 3.36. The zero-order valence-corrected chi connectivity index (χ0v) is 11.7. The Labute approximate surface area is 119 Å². The van der Waals surface area contributed by atoms with Gasteiger partial charge in [-0.2, -0.15) is 0 Å². The van der Waals surface area contributed by atoms with Crippen molar-refractivity contribution in [1.29, 1.82) is 0 Å². The lowest BCUT2D eigenvalue weighted by atomic mass is 9.88. The quantitative estimate of drug-likeness (QED) is 0.853. The number of nitrogens with zero attached hydrogens (tertiary/aromatic N) is 1. The van der Waals surface area contributed by atoms with Crippen LogP contribution in [0.5, 0.6) is 0 Å². The van der Waals surface area contributed by atoms with E-state index in [1.807, 2.05) is 30.3 Å². The van der Waals surface area contributed by atoms with Crippen LogP contribution in [0.3, 0.4) is 0 Å². The molecule has 0 radical (unpaired) electrons. The minimum atomic E-state index is -0.673. The molecule has 3 rings (SSSR count). The third kappa shape index (κ3) is 3.02. The van der Waals surface area contributed by atoms with Crippen molar-refractivity contribution in [2.24, 2.45) is 11.7 Å². The van der Waals surface area contributed by atoms with Gasteiger partial charge in [-0.1, -0.05) is 30.3 Å². The van der Waals surface area contributed by atoms with Gasteiger partial charge in [0.1, 0.15) is 12.1 Å². The van der Waals surface area contributed by atoms with Crippen LogP contribution in [0.4, 0.5) is 0 Å². The van der Waals surface area contributed by atoms with Gasteiger partial charge in [0.2, 0.25) is 0 Å². The van der Waals surface area contributed by atoms with Crippen molar-refractivity contribution in [3.8, 4) is 0 Å². The highest BCUT2D eigenvalue weighted by Crippen LogP contribution is 2.28. The van der Waals surface area contributed by atoms with E-state index >= 15 is 0 Å². The number of piperidine rings is 2. The van der Waals surface area contributed by atoms with Gasteiger partial charge in [-0.15, -0.1) is 0 Å². The van der Waals surface area contributed by atoms with Crippen molar-refractivity contribution in [3.05, 3.63) is 35.9 Å². The molecular formula is C16H22N2O2. The number of benzene rings is 1. The van der Waals surface area contributed by atoms with Crippen LogP contribution in [0.15, 0.2) is 30.3 Å². The predicted molar refractivity (Wildman–Crippen MR) is 77.0 cm³/mol. The van der Waals surface area contributed by atoms with Crippen molar-refractivity contribution in [2.45, 2.75) is 31.4 Å². The minimum absolute atomic E-state index is 0.0105. The van der Waals surface area contributed by atoms with Gasteiger partial charge >= 0.3 is 5.97 Å². The van der Waals surface area contributed by atoms with Crippen LogP contribution < -0.4 is 5.73 Å². The van der Waals surface area contributed by atoms with Crippen molar-refractivity contribution in [2.75, 3.05) is 19.6 Å². The van der Waals surface area contributed by atoms with E-state index in [1.54, 1.807) is 0 Å². The molecule has 4 heteroatoms. The second kappa shape index (κ2) is 5.94. The zero-order chi connectivity index (χ0) is 13.9. The van der Waals surface area contributed by atoms with Crippen LogP contribution in [-0.2, 0) is 9.53 Å². The summed E-state index contributed by atoms with van der Waals surface area (Å²) in [6.07, 6.45) is 3.53. The summed E-state index contributed by atoms with van der Waals surface area (Å²) < 4.78 is 5.64. The van der Waals surface area contributed by atoms with Gasteiger partial charge < -0.3 is 10.5 Å². The lowest BCUT2D eigenvalue weighted by Crippen LogP contribution is -2.48. The molecule has 2 heterocycles. The Bertz CT molecular complexity index is 451. The summed E-state index contributed by atoms with van der Waals surface area (Å²) in [7, 11) is 0. The van der Waals surface area contributed by atoms with Crippen LogP contribution in [-0.4, -0.2) is 36.6 Å². The maximum Gasteiger partial charge on any atom is 0.327 e. The number of carbonyl (C=O) groups is 1. The van der Waals surface area contributed by atoms with Crippen molar-refractivity contribution >= 4 is 5.97 Å². The fraction of sp³-hybridized carbons (Fsp3) is 0.562. The summed E-state index contributed by atoms with van der Waals surface area (Å²) in [6, 6.07) is 8.75. The molecule has 20 heavy (non-hydrogen) atoms. The molecule has 0 aromatic heterocycles. The van der Waals surface area contributed by atoms with E-state index in [2.05, 4.69) is 4.90 Å². The highest BCUT2D eigenvalue weighted by Gasteiger charge is 2.33. The van der Waals surface area contributed by atoms with E-state index < -0.39 is 6.04 Å². The molecule has 2 bridgehead atoms. The third-order valence-electron chi connectivity index (χ3n) is 4.36. The standard InChI is InChI=1S/C16H22N2O2/c17-15(13-6-2-1-3-7-13)16(19)20-14-9-12-5-4-8-18(10-12)11-14/h1-3,6-7,12,14-15H,4-5,8-11,17H2/t12?,14-,15-/m1/s1. The monoisotopic (exact) mass is 274 g/mol. The Morgan fingerprint density at radius 2 is 2.10 bits per heavy atom. The summed E-state index contributed by atoms with van der Waals surface area (Å²) >= 11 is 0. The Hall–Kier alpha value is -1.39. The summed E-state index contributed by atoms with van der Waals surface area (Å²) in [5.41, 5.74) is 6.80. The molecule has 0 saturated carbocycles. The second-order valence-corrected chi connectivity index (χ2v) is 5.95. The first-order valence-corrected chi connectivity index (χ1v) is 7.46. The molecule has 4 atom stereocenters. The molecule has 0 amide bonds. The van der Waals surface area contributed by atoms with Gasteiger partial charge in [-0.05, 0) is 37.3 Å². The number of hydrogen-bond acceptors (Lipinski definition) is 4. The van der Waals surface area contributed by atoms with Gasteiger partial charge in [0.15, 0.2) is 0 Å². The molecule has 2 N–H and O–H groups in total. The van der Waals surface area contributed by atoms with Gasteiger partial charge in [0.05, 0.1) is 0 Å². The first-order valence-electron chi connectivity index (χ1n) is 7.46. The summed E-state index contributed by atoms with van der Waals surface area (Å²) in [4.78, 5) is 14.6. The van der Waals surface area contributed by atoms with E-state index in [0.29, 0.717) is 5.92 Å². The molecule has 0 aliphatic carbocycles. The SMILES string of the molecule is N[C@@H](C(=O)O[C@@H]1CC2CCCN(C2)C1)c1ccccc1. The number of ether oxygens (including phenoxy) is 1. The van der Waals surface area contributed by atoms with Gasteiger partial charge in [-0.3, -0.25) is 4.90 Å². The molecular weight excluding hydrogens is 252 g/mol. The van der Waals surface area contributed by atoms with E-state index in [1.165, 1.54) is 19.4 Å². The zero-order valence-electron chi connectivity index (χ0n) is 11.7. The number of esters is 1. The molecule has 2 fully saturated rings. The Kier molecular flexibility index (Phi) is 4.03. The lowest BCUT2D eigenvalue weighted by molar-refractivity contribution is -0.155. The number of carbonyl (C=O) groups excluding carboxylic acids is 1. The normalized spacial score (nSPS) is 30.6. The highest BCUT2D eigenvalue weighted by molar-refractivity contribution is 5.77. The largest absolute Gasteiger partial charge is 0.460 e. The molecule has 2 aliphatic heterocycles. The van der Waals surface area contributed by atoms with Crippen LogP contribution in [0.25, 0.3) is 0 Å². The van der Waals surface area contributed by atoms with Crippen LogP contribution in [0.2, 0.25) is 0 Å². The van der Waals surface area contributed by atoms with Crippen molar-refractivity contribution in [1.82, 2.24) is 4.90 Å². The molecule has 1 aromatic carbocycles. The van der Waals surface area contributed by atoms with Gasteiger partial charge in [0, 0.05) is 13.1 Å². The van der Waals surface area contributed by atoms with E-state index in [9.17, 15) is 4.79 Å². The Morgan fingerprint density at radius 3 is 2.85 bits per heavy atom. The summed E-state index contributed by atoms with van der Waals surface area (Å²) in [6.45, 7) is 3.16. The average Bonchev–Trinajstić information content (AvgIpc) is 2.47. The topological polar surface area (TPSA) is 55.6 Å². The maximum absolute atomic E-state index is 12.2. The number of fused-ring (bicyclic) bond motifs is 2. The molecule has 2 aliphatic rings. The number of nitrogens with two attached hydrogens (primary N) is 1. The van der Waals surface area contributed by atoms with Gasteiger partial charge in [0.25, 0.3) is 0 Å². The summed E-state index contributed by atoms with van der Waals surface area (Å²) in [5, 5.41) is 0. The first kappa shape index (κ1) is 13.6. The van der Waals surface area contributed by atoms with Crippen molar-refractivity contribution in [3.63, 3.8) is 0 Å². The first-order chi connectivity index (χ1) is 9.72. The van der Waals surface area contributed by atoms with Crippen LogP contribution in [0, 0.1) is 5.92 Å². The smallest absolute Gasteiger partial charge is 0.327 e. The predicted octanol–water partition coefficient (Wildman–Crippen LogP) is 1.71. The highest BCUT2D eigenvalue weighted by atomic mass is 16.5. The fourth-order valence-corrected chi connectivity index (χ4v) is 3.36. The lowest BCUT2D eigenvalue weighted by Gasteiger charge is -2.41. The molecule has 0 spiro atoms. The molecule has 1 aromatic rings. The Morgan fingerprint density at radius 1 is 1.30 bits per heavy atom. The van der Waals surface area contributed by atoms with Crippen LogP contribution in [0.1, 0.15) is 30.9 Å². The number of rotatable bonds is 3. The second-order valence-electron chi connectivity index (χ2n) is 5.95. The molecule has 2 unspecified atom stereocenters. The van der Waals surface area contributed by atoms with E-state index in [-0.39, 0.29) is 12.1 Å². The van der Waals surface area contributed by atoms with Crippen LogP contribution >= 0.6 is 0 Å². The third-order valence-corrected chi connectivity index (χ3v) is 4.36. The Balaban J connectivity index is 1.59. The van der Waals surface area contributed by atoms with E-state index in [4.69, 9.17) is 10.5 Å². The molecule has 4 nitrogen and oxygen atoms in total. The maximum atomic E-state index is 12.2. The molecule has 2 saturated heterocycles. The minimum Gasteiger partial charge on any atom is -0.460 e. The van der Waals surface area contributed by atoms with E-state index in [0.717, 1.165) is 25.1 Å². The summed E-state index contributed by atoms with van der Waals surface area (Å²) in [5.74, 6) is 0.380. The average molecular weight is 274 g/mol. The number of hydrogen-bond donors (Lipinski definition) is 1. The van der Waals surface area contributed by atoms with Crippen molar-refractivity contribution < 1.29 is 9.53 Å². The van der Waals surface area contributed by atoms with Gasteiger partial charge in [-0.25, -0.2) is 4.79 Å².